The highest BCUT2D eigenvalue weighted by molar-refractivity contribution is 5.94. The van der Waals surface area contributed by atoms with Gasteiger partial charge in [-0.15, -0.1) is 0 Å². The molecule has 0 aliphatic carbocycles. The number of rotatable bonds is 5. The standard InChI is InChI=1S/C22H25F2N3O2/c1-2-25-22(29)27-10-4-7-18(14-27)15-5-3-6-16(11-15)21(28)26-13-17-8-9-19(23)12-20(17)24/h3,5-6,8-9,11-12,18H,2,4,7,10,13-14H2,1H3,(H,25,29)(H,26,28)/t18-/m1/s1. The van der Waals surface area contributed by atoms with Crippen LogP contribution in [0.5, 0.6) is 0 Å². The van der Waals surface area contributed by atoms with Gasteiger partial charge in [0.2, 0.25) is 0 Å². The van der Waals surface area contributed by atoms with E-state index in [1.807, 2.05) is 30.0 Å². The van der Waals surface area contributed by atoms with E-state index in [2.05, 4.69) is 10.6 Å². The van der Waals surface area contributed by atoms with Crippen LogP contribution in [0, 0.1) is 11.6 Å². The lowest BCUT2D eigenvalue weighted by Crippen LogP contribution is -2.44. The second-order valence-electron chi connectivity index (χ2n) is 7.16. The van der Waals surface area contributed by atoms with Crippen molar-refractivity contribution in [1.82, 2.24) is 15.5 Å². The lowest BCUT2D eigenvalue weighted by molar-refractivity contribution is 0.0950. The second-order valence-corrected chi connectivity index (χ2v) is 7.16. The second kappa shape index (κ2) is 9.49. The Morgan fingerprint density at radius 3 is 2.72 bits per heavy atom. The molecule has 1 saturated heterocycles. The Labute approximate surface area is 169 Å². The number of benzene rings is 2. The van der Waals surface area contributed by atoms with Gasteiger partial charge in [-0.05, 0) is 43.5 Å². The van der Waals surface area contributed by atoms with E-state index in [9.17, 15) is 18.4 Å². The molecule has 0 saturated carbocycles. The third-order valence-electron chi connectivity index (χ3n) is 5.11. The topological polar surface area (TPSA) is 61.4 Å². The molecule has 154 valence electrons. The summed E-state index contributed by atoms with van der Waals surface area (Å²) in [6.07, 6.45) is 1.85. The number of likely N-dealkylation sites (tertiary alicyclic amines) is 1. The predicted octanol–water partition coefficient (Wildman–Crippen LogP) is 3.80. The zero-order valence-electron chi connectivity index (χ0n) is 16.4. The summed E-state index contributed by atoms with van der Waals surface area (Å²) in [7, 11) is 0. The van der Waals surface area contributed by atoms with Crippen LogP contribution in [0.4, 0.5) is 13.6 Å². The third kappa shape index (κ3) is 5.31. The van der Waals surface area contributed by atoms with Crippen LogP contribution in [0.2, 0.25) is 0 Å². The molecule has 5 nitrogen and oxygen atoms in total. The molecule has 1 aliphatic heterocycles. The van der Waals surface area contributed by atoms with Gasteiger partial charge in [-0.2, -0.15) is 0 Å². The summed E-state index contributed by atoms with van der Waals surface area (Å²) < 4.78 is 26.7. The van der Waals surface area contributed by atoms with Crippen LogP contribution < -0.4 is 10.6 Å². The zero-order chi connectivity index (χ0) is 20.8. The van der Waals surface area contributed by atoms with Crippen molar-refractivity contribution in [3.8, 4) is 0 Å². The van der Waals surface area contributed by atoms with Crippen molar-refractivity contribution in [2.45, 2.75) is 32.2 Å². The van der Waals surface area contributed by atoms with Crippen LogP contribution in [0.15, 0.2) is 42.5 Å². The van der Waals surface area contributed by atoms with E-state index in [1.54, 1.807) is 6.07 Å². The number of hydrogen-bond donors (Lipinski definition) is 2. The minimum atomic E-state index is -0.688. The summed E-state index contributed by atoms with van der Waals surface area (Å²) in [6, 6.07) is 10.5. The Hall–Kier alpha value is -2.96. The Kier molecular flexibility index (Phi) is 6.80. The van der Waals surface area contributed by atoms with Gasteiger partial charge in [0.05, 0.1) is 0 Å². The highest BCUT2D eigenvalue weighted by atomic mass is 19.1. The fourth-order valence-corrected chi connectivity index (χ4v) is 3.57. The fraction of sp³-hybridized carbons (Fsp3) is 0.364. The van der Waals surface area contributed by atoms with Gasteiger partial charge in [0.1, 0.15) is 11.6 Å². The molecule has 7 heteroatoms. The molecule has 2 aromatic carbocycles. The van der Waals surface area contributed by atoms with Crippen LogP contribution in [-0.4, -0.2) is 36.5 Å². The first kappa shape index (κ1) is 20.8. The van der Waals surface area contributed by atoms with Crippen LogP contribution >= 0.6 is 0 Å². The van der Waals surface area contributed by atoms with Crippen molar-refractivity contribution >= 4 is 11.9 Å². The molecule has 1 aliphatic rings. The van der Waals surface area contributed by atoms with E-state index < -0.39 is 11.6 Å². The molecule has 0 bridgehead atoms. The van der Waals surface area contributed by atoms with E-state index >= 15 is 0 Å². The van der Waals surface area contributed by atoms with Gasteiger partial charge in [-0.25, -0.2) is 13.6 Å². The minimum absolute atomic E-state index is 0.0242. The first-order valence-electron chi connectivity index (χ1n) is 9.82. The summed E-state index contributed by atoms with van der Waals surface area (Å²) in [5.41, 5.74) is 1.69. The lowest BCUT2D eigenvalue weighted by Gasteiger charge is -2.33. The van der Waals surface area contributed by atoms with Gasteiger partial charge in [-0.3, -0.25) is 4.79 Å². The number of urea groups is 1. The Bertz CT molecular complexity index is 888. The monoisotopic (exact) mass is 401 g/mol. The molecule has 2 aromatic rings. The number of hydrogen-bond acceptors (Lipinski definition) is 2. The lowest BCUT2D eigenvalue weighted by atomic mass is 9.89. The van der Waals surface area contributed by atoms with Gasteiger partial charge < -0.3 is 15.5 Å². The molecule has 0 spiro atoms. The smallest absolute Gasteiger partial charge is 0.317 e. The number of halogens is 2. The van der Waals surface area contributed by atoms with E-state index in [1.165, 1.54) is 6.07 Å². The van der Waals surface area contributed by atoms with E-state index in [4.69, 9.17) is 0 Å². The number of carbonyl (C=O) groups is 2. The molecule has 0 aromatic heterocycles. The van der Waals surface area contributed by atoms with Crippen molar-refractivity contribution in [1.29, 1.82) is 0 Å². The zero-order valence-corrected chi connectivity index (χ0v) is 16.4. The SMILES string of the molecule is CCNC(=O)N1CCC[C@@H](c2cccc(C(=O)NCc3ccc(F)cc3F)c2)C1. The third-order valence-corrected chi connectivity index (χ3v) is 5.11. The molecule has 0 unspecified atom stereocenters. The van der Waals surface area contributed by atoms with Crippen LogP contribution in [0.3, 0.4) is 0 Å². The average molecular weight is 401 g/mol. The van der Waals surface area contributed by atoms with Crippen molar-refractivity contribution in [3.63, 3.8) is 0 Å². The summed E-state index contributed by atoms with van der Waals surface area (Å²) in [5.74, 6) is -1.51. The van der Waals surface area contributed by atoms with Gasteiger partial charge in [-0.1, -0.05) is 18.2 Å². The number of nitrogens with one attached hydrogen (secondary N) is 2. The highest BCUT2D eigenvalue weighted by Crippen LogP contribution is 2.27. The van der Waals surface area contributed by atoms with Gasteiger partial charge in [0, 0.05) is 49.3 Å². The van der Waals surface area contributed by atoms with E-state index in [0.717, 1.165) is 37.1 Å². The number of carbonyl (C=O) groups excluding carboxylic acids is 2. The summed E-state index contributed by atoms with van der Waals surface area (Å²) in [5, 5.41) is 5.50. The Morgan fingerprint density at radius 2 is 1.97 bits per heavy atom. The molecule has 1 heterocycles. The maximum absolute atomic E-state index is 13.7. The molecule has 2 N–H and O–H groups in total. The maximum atomic E-state index is 13.7. The molecule has 1 atom stereocenters. The quantitative estimate of drug-likeness (QED) is 0.801. The van der Waals surface area contributed by atoms with Crippen molar-refractivity contribution in [3.05, 3.63) is 70.8 Å². The molecular weight excluding hydrogens is 376 g/mol. The van der Waals surface area contributed by atoms with Crippen LogP contribution in [0.1, 0.15) is 47.2 Å². The largest absolute Gasteiger partial charge is 0.348 e. The first-order chi connectivity index (χ1) is 14.0. The van der Waals surface area contributed by atoms with E-state index in [0.29, 0.717) is 18.7 Å². The predicted molar refractivity (Wildman–Crippen MR) is 107 cm³/mol. The minimum Gasteiger partial charge on any atom is -0.348 e. The summed E-state index contributed by atoms with van der Waals surface area (Å²) in [4.78, 5) is 26.4. The first-order valence-corrected chi connectivity index (χ1v) is 9.82. The number of amides is 3. The highest BCUT2D eigenvalue weighted by Gasteiger charge is 2.25. The van der Waals surface area contributed by atoms with Crippen molar-refractivity contribution < 1.29 is 18.4 Å². The summed E-state index contributed by atoms with van der Waals surface area (Å²) in [6.45, 7) is 3.79. The molecule has 0 radical (unpaired) electrons. The van der Waals surface area contributed by atoms with Gasteiger partial charge >= 0.3 is 6.03 Å². The molecule has 3 rings (SSSR count). The van der Waals surface area contributed by atoms with Gasteiger partial charge in [0.25, 0.3) is 5.91 Å². The molecule has 29 heavy (non-hydrogen) atoms. The van der Waals surface area contributed by atoms with Crippen molar-refractivity contribution in [2.24, 2.45) is 0 Å². The Morgan fingerprint density at radius 1 is 1.14 bits per heavy atom. The van der Waals surface area contributed by atoms with E-state index in [-0.39, 0.29) is 30.0 Å². The molecule has 3 amide bonds. The Balaban J connectivity index is 1.65. The van der Waals surface area contributed by atoms with Gasteiger partial charge in [0.15, 0.2) is 0 Å². The summed E-state index contributed by atoms with van der Waals surface area (Å²) >= 11 is 0. The molecule has 1 fully saturated rings. The van der Waals surface area contributed by atoms with Crippen LogP contribution in [0.25, 0.3) is 0 Å². The maximum Gasteiger partial charge on any atom is 0.317 e. The normalized spacial score (nSPS) is 16.4. The van der Waals surface area contributed by atoms with Crippen molar-refractivity contribution in [2.75, 3.05) is 19.6 Å². The average Bonchev–Trinajstić information content (AvgIpc) is 2.73. The number of piperidine rings is 1. The fourth-order valence-electron chi connectivity index (χ4n) is 3.57. The molecular formula is C22H25F2N3O2. The van der Waals surface area contributed by atoms with Crippen LogP contribution in [-0.2, 0) is 6.54 Å². The number of nitrogens with zero attached hydrogens (tertiary/aromatic N) is 1.